The van der Waals surface area contributed by atoms with Crippen molar-refractivity contribution in [3.63, 3.8) is 0 Å². The monoisotopic (exact) mass is 350 g/mol. The van der Waals surface area contributed by atoms with Crippen LogP contribution in [0.15, 0.2) is 30.3 Å². The van der Waals surface area contributed by atoms with E-state index >= 15 is 0 Å². The zero-order valence-corrected chi connectivity index (χ0v) is 14.1. The Kier molecular flexibility index (Phi) is 4.37. The van der Waals surface area contributed by atoms with Gasteiger partial charge in [-0.15, -0.1) is 11.3 Å². The van der Waals surface area contributed by atoms with Gasteiger partial charge >= 0.3 is 0 Å². The van der Waals surface area contributed by atoms with Crippen LogP contribution in [-0.4, -0.2) is 22.3 Å². The highest BCUT2D eigenvalue weighted by Gasteiger charge is 2.32. The van der Waals surface area contributed by atoms with Crippen molar-refractivity contribution in [1.29, 1.82) is 0 Å². The van der Waals surface area contributed by atoms with Gasteiger partial charge in [-0.05, 0) is 44.0 Å². The number of rotatable bonds is 3. The van der Waals surface area contributed by atoms with Crippen molar-refractivity contribution in [1.82, 2.24) is 4.90 Å². The van der Waals surface area contributed by atoms with Crippen LogP contribution in [0.25, 0.3) is 0 Å². The molecule has 7 heteroatoms. The summed E-state index contributed by atoms with van der Waals surface area (Å²) < 4.78 is 0. The van der Waals surface area contributed by atoms with E-state index in [2.05, 4.69) is 6.07 Å². The van der Waals surface area contributed by atoms with Gasteiger partial charge in [-0.2, -0.15) is 0 Å². The maximum atomic E-state index is 12.8. The summed E-state index contributed by atoms with van der Waals surface area (Å²) in [6, 6.07) is 8.38. The third-order valence-corrected chi connectivity index (χ3v) is 5.41. The van der Waals surface area contributed by atoms with E-state index in [1.54, 1.807) is 22.3 Å². The molecule has 23 heavy (non-hydrogen) atoms. The number of nitro benzene ring substituents is 1. The third kappa shape index (κ3) is 3.09. The molecule has 5 nitrogen and oxygen atoms in total. The van der Waals surface area contributed by atoms with Crippen molar-refractivity contribution in [3.05, 3.63) is 60.8 Å². The summed E-state index contributed by atoms with van der Waals surface area (Å²) in [5.74, 6) is -0.182. The number of carbonyl (C=O) groups is 1. The van der Waals surface area contributed by atoms with Crippen LogP contribution in [0.1, 0.15) is 39.0 Å². The van der Waals surface area contributed by atoms with Gasteiger partial charge in [0.05, 0.1) is 11.0 Å². The fourth-order valence-corrected chi connectivity index (χ4v) is 4.10. The quantitative estimate of drug-likeness (QED) is 0.600. The van der Waals surface area contributed by atoms with E-state index in [1.807, 2.05) is 13.0 Å². The van der Waals surface area contributed by atoms with Gasteiger partial charge in [0, 0.05) is 27.9 Å². The minimum Gasteiger partial charge on any atom is -0.331 e. The summed E-state index contributed by atoms with van der Waals surface area (Å²) in [5, 5.41) is 11.0. The Labute approximate surface area is 142 Å². The van der Waals surface area contributed by atoms with E-state index < -0.39 is 4.92 Å². The maximum absolute atomic E-state index is 12.8. The van der Waals surface area contributed by atoms with Crippen LogP contribution in [0.2, 0.25) is 5.02 Å². The molecular formula is C16H15ClN2O3S. The Balaban J connectivity index is 1.90. The summed E-state index contributed by atoms with van der Waals surface area (Å²) in [7, 11) is 0. The number of benzene rings is 1. The molecule has 1 atom stereocenters. The summed E-state index contributed by atoms with van der Waals surface area (Å²) in [6.45, 7) is 2.70. The molecule has 2 aromatic rings. The molecular weight excluding hydrogens is 336 g/mol. The Morgan fingerprint density at radius 2 is 2.17 bits per heavy atom. The van der Waals surface area contributed by atoms with Crippen LogP contribution >= 0.6 is 22.9 Å². The zero-order valence-electron chi connectivity index (χ0n) is 12.5. The van der Waals surface area contributed by atoms with Crippen molar-refractivity contribution in [3.8, 4) is 0 Å². The molecule has 1 unspecified atom stereocenters. The highest BCUT2D eigenvalue weighted by Crippen LogP contribution is 2.37. The molecule has 2 heterocycles. The minimum atomic E-state index is -0.566. The molecule has 0 spiro atoms. The molecule has 1 aromatic carbocycles. The number of nitro groups is 1. The molecule has 1 fully saturated rings. The van der Waals surface area contributed by atoms with E-state index in [1.165, 1.54) is 17.0 Å². The first kappa shape index (κ1) is 16.0. The highest BCUT2D eigenvalue weighted by molar-refractivity contribution is 7.12. The molecule has 0 saturated carbocycles. The molecule has 1 aromatic heterocycles. The van der Waals surface area contributed by atoms with Gasteiger partial charge in [-0.25, -0.2) is 0 Å². The number of thiophene rings is 1. The average Bonchev–Trinajstić information content (AvgIpc) is 3.15. The van der Waals surface area contributed by atoms with E-state index in [0.717, 1.165) is 17.7 Å². The molecule has 3 rings (SSSR count). The molecule has 1 amide bonds. The van der Waals surface area contributed by atoms with Gasteiger partial charge in [0.25, 0.3) is 11.6 Å². The molecule has 1 aliphatic rings. The Hall–Kier alpha value is -1.92. The van der Waals surface area contributed by atoms with Crippen molar-refractivity contribution < 1.29 is 9.72 Å². The van der Waals surface area contributed by atoms with Crippen LogP contribution in [-0.2, 0) is 0 Å². The standard InChI is InChI=1S/C16H15ClN2O3S/c1-10-4-7-15(23-10)13-3-2-8-18(13)16(20)11-5-6-12(17)14(9-11)19(21)22/h4-7,9,13H,2-3,8H2,1H3. The van der Waals surface area contributed by atoms with Crippen molar-refractivity contribution >= 4 is 34.5 Å². The van der Waals surface area contributed by atoms with Crippen LogP contribution in [0, 0.1) is 17.0 Å². The van der Waals surface area contributed by atoms with Gasteiger partial charge in [-0.3, -0.25) is 14.9 Å². The lowest BCUT2D eigenvalue weighted by atomic mass is 10.1. The summed E-state index contributed by atoms with van der Waals surface area (Å²) in [4.78, 5) is 27.4. The molecule has 0 aliphatic carbocycles. The maximum Gasteiger partial charge on any atom is 0.288 e. The van der Waals surface area contributed by atoms with Crippen molar-refractivity contribution in [2.24, 2.45) is 0 Å². The molecule has 120 valence electrons. The predicted molar refractivity (Wildman–Crippen MR) is 90.2 cm³/mol. The van der Waals surface area contributed by atoms with E-state index in [9.17, 15) is 14.9 Å². The third-order valence-electron chi connectivity index (χ3n) is 3.99. The van der Waals surface area contributed by atoms with Crippen LogP contribution < -0.4 is 0 Å². The second kappa shape index (κ2) is 6.29. The fraction of sp³-hybridized carbons (Fsp3) is 0.312. The Morgan fingerprint density at radius 3 is 2.83 bits per heavy atom. The van der Waals surface area contributed by atoms with Crippen LogP contribution in [0.4, 0.5) is 5.69 Å². The van der Waals surface area contributed by atoms with Gasteiger partial charge in [0.2, 0.25) is 0 Å². The first-order chi connectivity index (χ1) is 11.0. The molecule has 1 saturated heterocycles. The largest absolute Gasteiger partial charge is 0.331 e. The van der Waals surface area contributed by atoms with E-state index in [4.69, 9.17) is 11.6 Å². The Morgan fingerprint density at radius 1 is 1.39 bits per heavy atom. The van der Waals surface area contributed by atoms with Gasteiger partial charge in [-0.1, -0.05) is 11.6 Å². The number of halogens is 1. The van der Waals surface area contributed by atoms with Gasteiger partial charge < -0.3 is 4.90 Å². The summed E-state index contributed by atoms with van der Waals surface area (Å²) >= 11 is 7.51. The number of amides is 1. The average molecular weight is 351 g/mol. The number of hydrogen-bond acceptors (Lipinski definition) is 4. The topological polar surface area (TPSA) is 63.5 Å². The number of carbonyl (C=O) groups excluding carboxylic acids is 1. The smallest absolute Gasteiger partial charge is 0.288 e. The lowest BCUT2D eigenvalue weighted by Crippen LogP contribution is -2.30. The highest BCUT2D eigenvalue weighted by atomic mass is 35.5. The molecule has 0 radical (unpaired) electrons. The van der Waals surface area contributed by atoms with Gasteiger partial charge in [0.15, 0.2) is 0 Å². The minimum absolute atomic E-state index is 0.0402. The summed E-state index contributed by atoms with van der Waals surface area (Å²) in [5.41, 5.74) is 0.0708. The SMILES string of the molecule is Cc1ccc(C2CCCN2C(=O)c2ccc(Cl)c([N+](=O)[O-])c2)s1. The summed E-state index contributed by atoms with van der Waals surface area (Å²) in [6.07, 6.45) is 1.85. The number of hydrogen-bond donors (Lipinski definition) is 0. The molecule has 0 bridgehead atoms. The first-order valence-electron chi connectivity index (χ1n) is 7.28. The number of nitrogens with zero attached hydrogens (tertiary/aromatic N) is 2. The second-order valence-electron chi connectivity index (χ2n) is 5.53. The van der Waals surface area contributed by atoms with E-state index in [0.29, 0.717) is 12.1 Å². The first-order valence-corrected chi connectivity index (χ1v) is 8.48. The molecule has 1 aliphatic heterocycles. The molecule has 0 N–H and O–H groups in total. The van der Waals surface area contributed by atoms with Crippen molar-refractivity contribution in [2.45, 2.75) is 25.8 Å². The second-order valence-corrected chi connectivity index (χ2v) is 7.25. The van der Waals surface area contributed by atoms with E-state index in [-0.39, 0.29) is 22.7 Å². The lowest BCUT2D eigenvalue weighted by Gasteiger charge is -2.24. The van der Waals surface area contributed by atoms with Crippen molar-refractivity contribution in [2.75, 3.05) is 6.54 Å². The van der Waals surface area contributed by atoms with Gasteiger partial charge in [0.1, 0.15) is 5.02 Å². The zero-order chi connectivity index (χ0) is 16.6. The number of aryl methyl sites for hydroxylation is 1. The predicted octanol–water partition coefficient (Wildman–Crippen LogP) is 4.60. The number of likely N-dealkylation sites (tertiary alicyclic amines) is 1. The Bertz CT molecular complexity index is 774. The fourth-order valence-electron chi connectivity index (χ4n) is 2.89. The van der Waals surface area contributed by atoms with Crippen LogP contribution in [0.5, 0.6) is 0 Å². The van der Waals surface area contributed by atoms with Crippen LogP contribution in [0.3, 0.4) is 0 Å². The lowest BCUT2D eigenvalue weighted by molar-refractivity contribution is -0.384. The normalized spacial score (nSPS) is 17.5.